The second kappa shape index (κ2) is 23.1. The zero-order valence-corrected chi connectivity index (χ0v) is 44.9. The van der Waals surface area contributed by atoms with Crippen LogP contribution in [-0.2, 0) is 19.2 Å². The van der Waals surface area contributed by atoms with Crippen LogP contribution in [0.1, 0.15) is 90.4 Å². The van der Waals surface area contributed by atoms with E-state index in [1.54, 1.807) is 23.7 Å². The van der Waals surface area contributed by atoms with Crippen molar-refractivity contribution < 1.29 is 24.3 Å². The van der Waals surface area contributed by atoms with Crippen molar-refractivity contribution in [2.75, 3.05) is 81.8 Å². The van der Waals surface area contributed by atoms with Crippen molar-refractivity contribution in [3.63, 3.8) is 0 Å². The number of β-amino-alcohol motifs (C(OH)–C–C–N with tert-alkyl or cyclic N) is 1. The molecule has 0 spiro atoms. The molecule has 3 aromatic heterocycles. The van der Waals surface area contributed by atoms with Crippen molar-refractivity contribution in [1.29, 1.82) is 0 Å². The lowest BCUT2D eigenvalue weighted by Gasteiger charge is -2.39. The number of thiazole rings is 1. The smallest absolute Gasteiger partial charge is 0.246 e. The van der Waals surface area contributed by atoms with Crippen LogP contribution in [0.25, 0.3) is 10.4 Å². The highest BCUT2D eigenvalue weighted by Gasteiger charge is 2.45. The molecule has 0 unspecified atom stereocenters. The number of carbonyl (C=O) groups is 4. The summed E-state index contributed by atoms with van der Waals surface area (Å²) in [7, 11) is 0. The quantitative estimate of drug-likeness (QED) is 0.111. The van der Waals surface area contributed by atoms with Crippen LogP contribution in [0.2, 0.25) is 5.02 Å². The van der Waals surface area contributed by atoms with Crippen LogP contribution in [0.5, 0.6) is 0 Å². The third-order valence-corrected chi connectivity index (χ3v) is 17.4. The number of rotatable bonds is 15. The predicted molar refractivity (Wildman–Crippen MR) is 283 cm³/mol. The molecule has 17 nitrogen and oxygen atoms in total. The van der Waals surface area contributed by atoms with E-state index >= 15 is 0 Å². The molecule has 72 heavy (non-hydrogen) atoms. The second-order valence-electron chi connectivity index (χ2n) is 21.3. The van der Waals surface area contributed by atoms with Crippen molar-refractivity contribution in [2.45, 2.75) is 114 Å². The summed E-state index contributed by atoms with van der Waals surface area (Å²) in [6, 6.07) is 7.88. The van der Waals surface area contributed by atoms with E-state index in [-0.39, 0.29) is 42.0 Å². The number of nitrogens with two attached hydrogens (primary N) is 1. The average molecular weight is 1040 g/mol. The molecule has 7 heterocycles. The highest BCUT2D eigenvalue weighted by molar-refractivity contribution is 7.99. The van der Waals surface area contributed by atoms with E-state index < -0.39 is 35.6 Å². The Morgan fingerprint density at radius 3 is 2.25 bits per heavy atom. The number of benzene rings is 1. The molecule has 20 heteroatoms. The summed E-state index contributed by atoms with van der Waals surface area (Å²) in [6.45, 7) is 18.3. The summed E-state index contributed by atoms with van der Waals surface area (Å²) in [5.74, 6) is 0.588. The molecule has 4 atom stereocenters. The van der Waals surface area contributed by atoms with Crippen LogP contribution in [0, 0.1) is 23.7 Å². The SMILES string of the molecule is CC(=O)N[C@H](C(=O)N1C[C@H](O)C[C@H]1C(=O)N[C@@H](CCN1CCN(C(=O)C2CCN(c3nccc(Sc4cnc(N5CCC(C)(CN)CC5)cn4)c3Cl)CC2)CC1)c1ccc(-c2scnc2C)cc1)C(C)(C)C. The zero-order valence-electron chi connectivity index (χ0n) is 42.5. The van der Waals surface area contributed by atoms with Crippen molar-refractivity contribution >= 4 is 70.0 Å². The van der Waals surface area contributed by atoms with Crippen LogP contribution in [0.3, 0.4) is 0 Å². The number of carbonyl (C=O) groups excluding carboxylic acids is 4. The van der Waals surface area contributed by atoms with Crippen molar-refractivity contribution in [3.8, 4) is 10.4 Å². The van der Waals surface area contributed by atoms with Gasteiger partial charge in [0.05, 0.1) is 45.6 Å². The van der Waals surface area contributed by atoms with Gasteiger partial charge in [-0.15, -0.1) is 11.3 Å². The Bertz CT molecular complexity index is 2520. The number of piperazine rings is 1. The van der Waals surface area contributed by atoms with Gasteiger partial charge in [-0.25, -0.2) is 19.9 Å². The predicted octanol–water partition coefficient (Wildman–Crippen LogP) is 5.79. The summed E-state index contributed by atoms with van der Waals surface area (Å²) in [6.07, 6.45) is 8.69. The molecule has 4 amide bonds. The fourth-order valence-electron chi connectivity index (χ4n) is 10.3. The molecule has 4 saturated heterocycles. The number of pyridine rings is 1. The minimum absolute atomic E-state index is 0.000131. The molecule has 4 aliphatic rings. The highest BCUT2D eigenvalue weighted by atomic mass is 35.5. The number of halogens is 1. The molecule has 5 N–H and O–H groups in total. The van der Waals surface area contributed by atoms with Gasteiger partial charge in [-0.3, -0.25) is 24.1 Å². The minimum atomic E-state index is -0.907. The average Bonchev–Trinajstić information content (AvgIpc) is 4.00. The number of likely N-dealkylation sites (tertiary alicyclic amines) is 1. The first-order chi connectivity index (χ1) is 34.4. The first-order valence-electron chi connectivity index (χ1n) is 25.3. The number of nitrogens with zero attached hydrogens (tertiary/aromatic N) is 9. The molecule has 1 aromatic carbocycles. The molecule has 388 valence electrons. The van der Waals surface area contributed by atoms with E-state index in [1.165, 1.54) is 23.6 Å². The van der Waals surface area contributed by atoms with Gasteiger partial charge in [-0.05, 0) is 73.6 Å². The fraction of sp³-hybridized carbons (Fsp3) is 0.577. The Morgan fingerprint density at radius 1 is 0.931 bits per heavy atom. The van der Waals surface area contributed by atoms with Crippen LogP contribution in [-0.4, -0.2) is 154 Å². The van der Waals surface area contributed by atoms with E-state index in [0.717, 1.165) is 63.4 Å². The molecule has 0 aliphatic carbocycles. The summed E-state index contributed by atoms with van der Waals surface area (Å²) < 4.78 is 0. The molecule has 4 aromatic rings. The van der Waals surface area contributed by atoms with Gasteiger partial charge in [0.25, 0.3) is 0 Å². The molecule has 8 rings (SSSR count). The molecule has 0 bridgehead atoms. The van der Waals surface area contributed by atoms with Crippen LogP contribution >= 0.6 is 34.7 Å². The van der Waals surface area contributed by atoms with E-state index in [1.807, 2.05) is 74.6 Å². The molecular formula is C52H71ClN12O5S2. The first kappa shape index (κ1) is 53.4. The van der Waals surface area contributed by atoms with Gasteiger partial charge in [0.2, 0.25) is 23.6 Å². The van der Waals surface area contributed by atoms with Gasteiger partial charge < -0.3 is 41.1 Å². The van der Waals surface area contributed by atoms with Crippen molar-refractivity contribution in [1.82, 2.24) is 45.3 Å². The number of nitrogens with one attached hydrogen (secondary N) is 2. The second-order valence-corrected chi connectivity index (χ2v) is 23.6. The highest BCUT2D eigenvalue weighted by Crippen LogP contribution is 2.39. The lowest BCUT2D eigenvalue weighted by molar-refractivity contribution is -0.144. The molecular weight excluding hydrogens is 972 g/mol. The Kier molecular flexibility index (Phi) is 17.1. The maximum absolute atomic E-state index is 14.3. The monoisotopic (exact) mass is 1040 g/mol. The lowest BCUT2D eigenvalue weighted by atomic mass is 9.80. The number of aromatic nitrogens is 4. The number of amides is 4. The number of aliphatic hydroxyl groups is 1. The third kappa shape index (κ3) is 12.7. The third-order valence-electron chi connectivity index (χ3n) is 15.0. The standard InChI is InChI=1S/C52H71ClN12O5S2/c1-33-45(71-32-58-33)36-9-7-35(8-10-36)39(60-48(68)40-27-38(67)30-65(40)50(70)46(51(3,4)5)59-34(2)66)14-18-61-23-25-64(26-24-61)49(69)37-12-19-63(20-13-37)47-44(53)41(11-17-55-47)72-43-29-56-42(28-57-43)62-21-15-52(6,31-54)16-22-62/h7-11,17,28-29,32,37-40,46,67H,12-16,18-27,30-31,54H2,1-6H3,(H,59,66)(H,60,68)/t38-,39+,40+,46-/m1/s1. The van der Waals surface area contributed by atoms with E-state index in [9.17, 15) is 24.3 Å². The van der Waals surface area contributed by atoms with Gasteiger partial charge in [0.1, 0.15) is 28.7 Å². The summed E-state index contributed by atoms with van der Waals surface area (Å²) >= 11 is 10.1. The van der Waals surface area contributed by atoms with Gasteiger partial charge in [-0.2, -0.15) is 0 Å². The van der Waals surface area contributed by atoms with Gasteiger partial charge in [0, 0.05) is 95.8 Å². The fourth-order valence-corrected chi connectivity index (χ4v) is 12.2. The summed E-state index contributed by atoms with van der Waals surface area (Å²) in [4.78, 5) is 85.1. The Balaban J connectivity index is 0.847. The Labute approximate surface area is 437 Å². The lowest BCUT2D eigenvalue weighted by Crippen LogP contribution is -2.57. The van der Waals surface area contributed by atoms with Gasteiger partial charge in [0.15, 0.2) is 0 Å². The molecule has 4 fully saturated rings. The maximum atomic E-state index is 14.3. The van der Waals surface area contributed by atoms with Crippen molar-refractivity contribution in [2.24, 2.45) is 22.5 Å². The first-order valence-corrected chi connectivity index (χ1v) is 27.4. The molecule has 0 saturated carbocycles. The van der Waals surface area contributed by atoms with E-state index in [0.29, 0.717) is 82.5 Å². The zero-order chi connectivity index (χ0) is 51.3. The minimum Gasteiger partial charge on any atom is -0.391 e. The van der Waals surface area contributed by atoms with E-state index in [2.05, 4.69) is 42.2 Å². The number of hydrogen-bond acceptors (Lipinski definition) is 15. The number of aryl methyl sites for hydroxylation is 1. The number of hydrogen-bond donors (Lipinski definition) is 4. The number of piperidine rings is 2. The normalized spacial score (nSPS) is 20.8. The Morgan fingerprint density at radius 2 is 1.64 bits per heavy atom. The van der Waals surface area contributed by atoms with Crippen LogP contribution in [0.15, 0.2) is 64.4 Å². The summed E-state index contributed by atoms with van der Waals surface area (Å²) in [5, 5.41) is 18.2. The molecule has 0 radical (unpaired) electrons. The summed E-state index contributed by atoms with van der Waals surface area (Å²) in [5.41, 5.74) is 10.3. The van der Waals surface area contributed by atoms with Crippen molar-refractivity contribution in [3.05, 3.63) is 70.7 Å². The maximum Gasteiger partial charge on any atom is 0.246 e. The van der Waals surface area contributed by atoms with Crippen LogP contribution in [0.4, 0.5) is 11.6 Å². The number of anilines is 2. The largest absolute Gasteiger partial charge is 0.391 e. The van der Waals surface area contributed by atoms with Crippen LogP contribution < -0.4 is 26.2 Å². The van der Waals surface area contributed by atoms with Gasteiger partial charge >= 0.3 is 0 Å². The Hall–Kier alpha value is -4.92. The van der Waals surface area contributed by atoms with Gasteiger partial charge in [-0.1, -0.05) is 75.3 Å². The number of aliphatic hydroxyl groups excluding tert-OH is 1. The topological polar surface area (TPSA) is 206 Å². The molecule has 4 aliphatic heterocycles. The van der Waals surface area contributed by atoms with E-state index in [4.69, 9.17) is 27.3 Å².